The fraction of sp³-hybridized carbons (Fsp3) is 0.429. The summed E-state index contributed by atoms with van der Waals surface area (Å²) in [6, 6.07) is 4.32. The molecule has 21 heavy (non-hydrogen) atoms. The van der Waals surface area contributed by atoms with Crippen LogP contribution in [0.4, 0.5) is 10.5 Å². The highest BCUT2D eigenvalue weighted by molar-refractivity contribution is 9.10. The summed E-state index contributed by atoms with van der Waals surface area (Å²) in [7, 11) is 0. The smallest absolute Gasteiger partial charge is 0.337 e. The molecular weight excluding hydrogens is 340 g/mol. The lowest BCUT2D eigenvalue weighted by Crippen LogP contribution is -2.56. The van der Waals surface area contributed by atoms with E-state index in [0.29, 0.717) is 24.2 Å². The van der Waals surface area contributed by atoms with Crippen molar-refractivity contribution in [2.45, 2.75) is 19.4 Å². The van der Waals surface area contributed by atoms with Crippen LogP contribution in [-0.4, -0.2) is 47.3 Å². The molecule has 6 nitrogen and oxygen atoms in total. The van der Waals surface area contributed by atoms with Crippen LogP contribution in [-0.2, 0) is 4.74 Å². The van der Waals surface area contributed by atoms with Crippen molar-refractivity contribution in [1.82, 2.24) is 4.90 Å². The van der Waals surface area contributed by atoms with E-state index in [9.17, 15) is 14.7 Å². The van der Waals surface area contributed by atoms with Crippen molar-refractivity contribution in [2.24, 2.45) is 0 Å². The molecule has 0 unspecified atom stereocenters. The quantitative estimate of drug-likeness (QED) is 0.853. The minimum atomic E-state index is -1.08. The Morgan fingerprint density at radius 2 is 2.14 bits per heavy atom. The average Bonchev–Trinajstić information content (AvgIpc) is 2.37. The van der Waals surface area contributed by atoms with Crippen molar-refractivity contribution in [1.29, 1.82) is 0 Å². The van der Waals surface area contributed by atoms with Gasteiger partial charge < -0.3 is 20.1 Å². The van der Waals surface area contributed by atoms with E-state index in [4.69, 9.17) is 4.74 Å². The normalized spacial score (nSPS) is 17.4. The Morgan fingerprint density at radius 3 is 2.76 bits per heavy atom. The second-order valence-electron chi connectivity index (χ2n) is 5.44. The van der Waals surface area contributed by atoms with Gasteiger partial charge in [0.1, 0.15) is 0 Å². The maximum absolute atomic E-state index is 12.4. The number of benzene rings is 1. The summed E-state index contributed by atoms with van der Waals surface area (Å²) in [5, 5.41) is 11.9. The van der Waals surface area contributed by atoms with Gasteiger partial charge in [0, 0.05) is 11.0 Å². The molecule has 1 aliphatic heterocycles. The Bertz CT molecular complexity index is 574. The first-order chi connectivity index (χ1) is 9.81. The van der Waals surface area contributed by atoms with Gasteiger partial charge in [0.25, 0.3) is 0 Å². The number of hydrogen-bond donors (Lipinski definition) is 2. The lowest BCUT2D eigenvalue weighted by atomic mass is 10.0. The fourth-order valence-corrected chi connectivity index (χ4v) is 2.58. The maximum atomic E-state index is 12.4. The Morgan fingerprint density at radius 1 is 1.43 bits per heavy atom. The number of carboxylic acid groups (broad SMARTS) is 1. The molecule has 1 aliphatic rings. The molecule has 0 saturated carbocycles. The lowest BCUT2D eigenvalue weighted by Gasteiger charge is -2.41. The number of amides is 2. The van der Waals surface area contributed by atoms with Crippen LogP contribution in [0.5, 0.6) is 0 Å². The van der Waals surface area contributed by atoms with Crippen LogP contribution in [0.25, 0.3) is 0 Å². The van der Waals surface area contributed by atoms with E-state index >= 15 is 0 Å². The topological polar surface area (TPSA) is 78.9 Å². The number of nitrogens with zero attached hydrogens (tertiary/aromatic N) is 1. The van der Waals surface area contributed by atoms with Crippen LogP contribution < -0.4 is 5.32 Å². The number of morpholine rings is 1. The maximum Gasteiger partial charge on any atom is 0.337 e. The van der Waals surface area contributed by atoms with Gasteiger partial charge >= 0.3 is 12.0 Å². The van der Waals surface area contributed by atoms with Crippen LogP contribution >= 0.6 is 15.9 Å². The summed E-state index contributed by atoms with van der Waals surface area (Å²) >= 11 is 3.28. The first kappa shape index (κ1) is 15.8. The van der Waals surface area contributed by atoms with Crippen molar-refractivity contribution in [3.8, 4) is 0 Å². The van der Waals surface area contributed by atoms with E-state index in [2.05, 4.69) is 21.2 Å². The summed E-state index contributed by atoms with van der Waals surface area (Å²) in [4.78, 5) is 25.3. The van der Waals surface area contributed by atoms with Gasteiger partial charge in [-0.05, 0) is 32.0 Å². The Balaban J connectivity index is 2.23. The second kappa shape index (κ2) is 6.03. The standard InChI is InChI=1S/C14H17BrN2O4/c1-14(2)8-21-6-5-17(14)13(20)16-11-7-9(15)3-4-10(11)12(18)19/h3-4,7H,5-6,8H2,1-2H3,(H,16,20)(H,18,19). The number of urea groups is 1. The third-order valence-electron chi connectivity index (χ3n) is 3.34. The highest BCUT2D eigenvalue weighted by Crippen LogP contribution is 2.24. The number of carbonyl (C=O) groups excluding carboxylic acids is 1. The van der Waals surface area contributed by atoms with E-state index in [1.54, 1.807) is 17.0 Å². The molecule has 0 atom stereocenters. The molecule has 2 N–H and O–H groups in total. The number of nitrogens with one attached hydrogen (secondary N) is 1. The third-order valence-corrected chi connectivity index (χ3v) is 3.84. The number of carbonyl (C=O) groups is 2. The minimum absolute atomic E-state index is 0.0533. The van der Waals surface area contributed by atoms with Gasteiger partial charge in [-0.3, -0.25) is 0 Å². The first-order valence-corrected chi connectivity index (χ1v) is 7.30. The molecule has 7 heteroatoms. The molecule has 0 aliphatic carbocycles. The SMILES string of the molecule is CC1(C)COCCN1C(=O)Nc1cc(Br)ccc1C(=O)O. The van der Waals surface area contributed by atoms with Gasteiger partial charge in [0.05, 0.1) is 30.0 Å². The van der Waals surface area contributed by atoms with E-state index < -0.39 is 11.5 Å². The predicted octanol–water partition coefficient (Wildman–Crippen LogP) is 2.79. The Labute approximate surface area is 131 Å². The van der Waals surface area contributed by atoms with Crippen LogP contribution in [0.1, 0.15) is 24.2 Å². The van der Waals surface area contributed by atoms with Gasteiger partial charge in [-0.25, -0.2) is 9.59 Å². The van der Waals surface area contributed by atoms with Crippen LogP contribution in [0, 0.1) is 0 Å². The van der Waals surface area contributed by atoms with Gasteiger partial charge in [0.2, 0.25) is 0 Å². The molecule has 0 radical (unpaired) electrons. The van der Waals surface area contributed by atoms with Gasteiger partial charge in [0.15, 0.2) is 0 Å². The first-order valence-electron chi connectivity index (χ1n) is 6.50. The van der Waals surface area contributed by atoms with Crippen molar-refractivity contribution in [2.75, 3.05) is 25.1 Å². The highest BCUT2D eigenvalue weighted by Gasteiger charge is 2.34. The summed E-state index contributed by atoms with van der Waals surface area (Å²) in [6.45, 7) is 5.20. The highest BCUT2D eigenvalue weighted by atomic mass is 79.9. The van der Waals surface area contributed by atoms with Gasteiger partial charge in [-0.2, -0.15) is 0 Å². The molecule has 0 aromatic heterocycles. The molecule has 1 aromatic rings. The van der Waals surface area contributed by atoms with Crippen molar-refractivity contribution in [3.63, 3.8) is 0 Å². The van der Waals surface area contributed by atoms with E-state index in [1.807, 2.05) is 13.8 Å². The Hall–Kier alpha value is -1.60. The zero-order valence-electron chi connectivity index (χ0n) is 11.9. The molecule has 1 aromatic carbocycles. The Kier molecular flexibility index (Phi) is 4.53. The molecule has 114 valence electrons. The molecular formula is C14H17BrN2O4. The number of ether oxygens (including phenoxy) is 1. The molecule has 2 amide bonds. The van der Waals surface area contributed by atoms with Gasteiger partial charge in [-0.1, -0.05) is 15.9 Å². The molecule has 1 heterocycles. The van der Waals surface area contributed by atoms with Gasteiger partial charge in [-0.15, -0.1) is 0 Å². The average molecular weight is 357 g/mol. The van der Waals surface area contributed by atoms with Crippen molar-refractivity contribution >= 4 is 33.6 Å². The van der Waals surface area contributed by atoms with E-state index in [-0.39, 0.29) is 17.3 Å². The van der Waals surface area contributed by atoms with Crippen LogP contribution in [0.2, 0.25) is 0 Å². The minimum Gasteiger partial charge on any atom is -0.478 e. The molecule has 2 rings (SSSR count). The number of halogens is 1. The molecule has 0 bridgehead atoms. The van der Waals surface area contributed by atoms with Crippen LogP contribution in [0.3, 0.4) is 0 Å². The largest absolute Gasteiger partial charge is 0.478 e. The van der Waals surface area contributed by atoms with Crippen molar-refractivity contribution in [3.05, 3.63) is 28.2 Å². The molecule has 0 spiro atoms. The lowest BCUT2D eigenvalue weighted by molar-refractivity contribution is -0.0249. The van der Waals surface area contributed by atoms with Crippen molar-refractivity contribution < 1.29 is 19.4 Å². The second-order valence-corrected chi connectivity index (χ2v) is 6.36. The fourth-order valence-electron chi connectivity index (χ4n) is 2.22. The number of rotatable bonds is 2. The summed E-state index contributed by atoms with van der Waals surface area (Å²) < 4.78 is 6.07. The van der Waals surface area contributed by atoms with Crippen LogP contribution in [0.15, 0.2) is 22.7 Å². The number of carboxylic acids is 1. The summed E-state index contributed by atoms with van der Waals surface area (Å²) in [5.41, 5.74) is -0.112. The number of anilines is 1. The molecule has 1 fully saturated rings. The zero-order valence-corrected chi connectivity index (χ0v) is 13.4. The summed E-state index contributed by atoms with van der Waals surface area (Å²) in [5.74, 6) is -1.08. The zero-order chi connectivity index (χ0) is 15.6. The predicted molar refractivity (Wildman–Crippen MR) is 81.7 cm³/mol. The third kappa shape index (κ3) is 3.54. The monoisotopic (exact) mass is 356 g/mol. The van der Waals surface area contributed by atoms with E-state index in [1.165, 1.54) is 6.07 Å². The number of hydrogen-bond acceptors (Lipinski definition) is 3. The van der Waals surface area contributed by atoms with E-state index in [0.717, 1.165) is 0 Å². The summed E-state index contributed by atoms with van der Waals surface area (Å²) in [6.07, 6.45) is 0. The molecule has 1 saturated heterocycles. The number of aromatic carboxylic acids is 1.